The van der Waals surface area contributed by atoms with Gasteiger partial charge in [-0.1, -0.05) is 0 Å². The summed E-state index contributed by atoms with van der Waals surface area (Å²) in [5.74, 6) is 0. The maximum Gasteiger partial charge on any atom is 0.0789 e. The third-order valence-electron chi connectivity index (χ3n) is 3.52. The molecule has 0 bridgehead atoms. The van der Waals surface area contributed by atoms with E-state index in [4.69, 9.17) is 4.74 Å². The summed E-state index contributed by atoms with van der Waals surface area (Å²) in [7, 11) is 1.99. The van der Waals surface area contributed by atoms with Crippen molar-refractivity contribution in [3.8, 4) is 0 Å². The van der Waals surface area contributed by atoms with Gasteiger partial charge in [-0.2, -0.15) is 5.10 Å². The summed E-state index contributed by atoms with van der Waals surface area (Å²) in [6, 6.07) is 0.537. The van der Waals surface area contributed by atoms with Gasteiger partial charge in [0.15, 0.2) is 0 Å². The first kappa shape index (κ1) is 14.0. The molecule has 0 saturated carbocycles. The highest BCUT2D eigenvalue weighted by atomic mass is 79.9. The number of nitrogens with one attached hydrogen (secondary N) is 1. The molecule has 102 valence electrons. The van der Waals surface area contributed by atoms with Crippen LogP contribution in [0.5, 0.6) is 0 Å². The molecule has 2 heterocycles. The zero-order valence-corrected chi connectivity index (χ0v) is 13.1. The molecule has 1 fully saturated rings. The number of nitrogens with zero attached hydrogens (tertiary/aromatic N) is 2. The van der Waals surface area contributed by atoms with Crippen LogP contribution in [0.25, 0.3) is 0 Å². The summed E-state index contributed by atoms with van der Waals surface area (Å²) in [5.41, 5.74) is 1.19. The molecule has 1 aromatic rings. The molecule has 3 atom stereocenters. The van der Waals surface area contributed by atoms with Gasteiger partial charge in [0.25, 0.3) is 0 Å². The van der Waals surface area contributed by atoms with Crippen molar-refractivity contribution in [1.29, 1.82) is 0 Å². The highest BCUT2D eigenvalue weighted by Gasteiger charge is 2.33. The minimum absolute atomic E-state index is 0.189. The third-order valence-corrected chi connectivity index (χ3v) is 4.13. The second kappa shape index (κ2) is 5.72. The summed E-state index contributed by atoms with van der Waals surface area (Å²) in [6.45, 7) is 6.43. The first-order valence-electron chi connectivity index (χ1n) is 6.60. The van der Waals surface area contributed by atoms with Crippen molar-refractivity contribution in [2.45, 2.75) is 57.9 Å². The molecule has 1 aliphatic heterocycles. The van der Waals surface area contributed by atoms with E-state index in [1.807, 2.05) is 13.2 Å². The fourth-order valence-electron chi connectivity index (χ4n) is 2.63. The molecule has 0 spiro atoms. The van der Waals surface area contributed by atoms with Gasteiger partial charge in [0, 0.05) is 6.04 Å². The average molecular weight is 316 g/mol. The van der Waals surface area contributed by atoms with E-state index in [-0.39, 0.29) is 12.1 Å². The van der Waals surface area contributed by atoms with Gasteiger partial charge in [-0.05, 0) is 56.6 Å². The minimum Gasteiger partial charge on any atom is -0.373 e. The Bertz CT molecular complexity index is 405. The van der Waals surface area contributed by atoms with E-state index in [0.717, 1.165) is 17.3 Å². The van der Waals surface area contributed by atoms with Crippen LogP contribution >= 0.6 is 15.9 Å². The van der Waals surface area contributed by atoms with Crippen LogP contribution in [0, 0.1) is 0 Å². The van der Waals surface area contributed by atoms with Crippen LogP contribution in [0.2, 0.25) is 0 Å². The van der Waals surface area contributed by atoms with Crippen molar-refractivity contribution < 1.29 is 4.74 Å². The molecule has 3 unspecified atom stereocenters. The molecular weight excluding hydrogens is 294 g/mol. The van der Waals surface area contributed by atoms with E-state index in [0.29, 0.717) is 12.1 Å². The standard InChI is InChI=1S/C13H22BrN3O/c1-8(2)17-13(10(14)7-16-17)12(15-4)11-6-5-9(3)18-11/h7-9,11-12,15H,5-6H2,1-4H3. The molecule has 0 aliphatic carbocycles. The van der Waals surface area contributed by atoms with E-state index >= 15 is 0 Å². The zero-order valence-electron chi connectivity index (χ0n) is 11.5. The van der Waals surface area contributed by atoms with Gasteiger partial charge in [-0.15, -0.1) is 0 Å². The maximum atomic E-state index is 6.00. The first-order chi connectivity index (χ1) is 8.54. The minimum atomic E-state index is 0.189. The number of ether oxygens (including phenoxy) is 1. The molecule has 5 heteroatoms. The van der Waals surface area contributed by atoms with Gasteiger partial charge >= 0.3 is 0 Å². The second-order valence-electron chi connectivity index (χ2n) is 5.24. The van der Waals surface area contributed by atoms with Crippen molar-refractivity contribution >= 4 is 15.9 Å². The van der Waals surface area contributed by atoms with Crippen molar-refractivity contribution in [3.63, 3.8) is 0 Å². The molecule has 1 N–H and O–H groups in total. The Hall–Kier alpha value is -0.390. The van der Waals surface area contributed by atoms with Gasteiger partial charge in [0.05, 0.1) is 34.6 Å². The molecule has 1 aromatic heterocycles. The summed E-state index contributed by atoms with van der Waals surface area (Å²) >= 11 is 3.61. The van der Waals surface area contributed by atoms with Gasteiger partial charge in [-0.25, -0.2) is 0 Å². The van der Waals surface area contributed by atoms with E-state index in [2.05, 4.69) is 51.8 Å². The molecule has 0 aromatic carbocycles. The number of aromatic nitrogens is 2. The SMILES string of the molecule is CNC(c1c(Br)cnn1C(C)C)C1CCC(C)O1. The number of hydrogen-bond donors (Lipinski definition) is 1. The predicted molar refractivity (Wildman–Crippen MR) is 75.7 cm³/mol. The zero-order chi connectivity index (χ0) is 13.3. The molecule has 0 radical (unpaired) electrons. The van der Waals surface area contributed by atoms with Crippen molar-refractivity contribution in [3.05, 3.63) is 16.4 Å². The van der Waals surface area contributed by atoms with Gasteiger partial charge < -0.3 is 10.1 Å². The quantitative estimate of drug-likeness (QED) is 0.928. The lowest BCUT2D eigenvalue weighted by molar-refractivity contribution is 0.0310. The normalized spacial score (nSPS) is 25.9. The Morgan fingerprint density at radius 2 is 2.22 bits per heavy atom. The molecule has 1 aliphatic rings. The van der Waals surface area contributed by atoms with E-state index in [1.165, 1.54) is 5.69 Å². The smallest absolute Gasteiger partial charge is 0.0789 e. The van der Waals surface area contributed by atoms with Crippen LogP contribution < -0.4 is 5.32 Å². The Balaban J connectivity index is 2.29. The number of likely N-dealkylation sites (N-methyl/N-ethyl adjacent to an activating group) is 1. The Morgan fingerprint density at radius 3 is 2.72 bits per heavy atom. The molecule has 2 rings (SSSR count). The fraction of sp³-hybridized carbons (Fsp3) is 0.769. The third kappa shape index (κ3) is 2.63. The molecular formula is C13H22BrN3O. The molecule has 4 nitrogen and oxygen atoms in total. The Labute approximate surface area is 117 Å². The highest BCUT2D eigenvalue weighted by Crippen LogP contribution is 2.34. The average Bonchev–Trinajstić information content (AvgIpc) is 2.88. The van der Waals surface area contributed by atoms with Crippen LogP contribution in [0.4, 0.5) is 0 Å². The Kier molecular flexibility index (Phi) is 4.45. The Morgan fingerprint density at radius 1 is 1.50 bits per heavy atom. The molecule has 18 heavy (non-hydrogen) atoms. The highest BCUT2D eigenvalue weighted by molar-refractivity contribution is 9.10. The second-order valence-corrected chi connectivity index (χ2v) is 6.10. The fourth-order valence-corrected chi connectivity index (χ4v) is 3.15. The van der Waals surface area contributed by atoms with Gasteiger partial charge in [0.2, 0.25) is 0 Å². The van der Waals surface area contributed by atoms with Crippen LogP contribution in [0.3, 0.4) is 0 Å². The lowest BCUT2D eigenvalue weighted by Gasteiger charge is -2.25. The maximum absolute atomic E-state index is 6.00. The lowest BCUT2D eigenvalue weighted by Crippen LogP contribution is -2.32. The van der Waals surface area contributed by atoms with Crippen LogP contribution in [0.1, 0.15) is 51.4 Å². The monoisotopic (exact) mass is 315 g/mol. The van der Waals surface area contributed by atoms with Crippen LogP contribution in [-0.2, 0) is 4.74 Å². The van der Waals surface area contributed by atoms with E-state index < -0.39 is 0 Å². The first-order valence-corrected chi connectivity index (χ1v) is 7.39. The van der Waals surface area contributed by atoms with Crippen molar-refractivity contribution in [2.24, 2.45) is 0 Å². The number of rotatable bonds is 4. The van der Waals surface area contributed by atoms with Crippen molar-refractivity contribution in [1.82, 2.24) is 15.1 Å². The number of hydrogen-bond acceptors (Lipinski definition) is 3. The van der Waals surface area contributed by atoms with E-state index in [1.54, 1.807) is 0 Å². The largest absolute Gasteiger partial charge is 0.373 e. The van der Waals surface area contributed by atoms with E-state index in [9.17, 15) is 0 Å². The van der Waals surface area contributed by atoms with Gasteiger partial charge in [-0.3, -0.25) is 4.68 Å². The predicted octanol–water partition coefficient (Wildman–Crippen LogP) is 3.05. The van der Waals surface area contributed by atoms with Crippen molar-refractivity contribution in [2.75, 3.05) is 7.05 Å². The van der Waals surface area contributed by atoms with Crippen LogP contribution in [0.15, 0.2) is 10.7 Å². The summed E-state index contributed by atoms with van der Waals surface area (Å²) < 4.78 is 9.12. The molecule has 0 amide bonds. The summed E-state index contributed by atoms with van der Waals surface area (Å²) in [5, 5.41) is 7.84. The lowest BCUT2D eigenvalue weighted by atomic mass is 10.0. The molecule has 1 saturated heterocycles. The summed E-state index contributed by atoms with van der Waals surface area (Å²) in [4.78, 5) is 0. The topological polar surface area (TPSA) is 39.1 Å². The van der Waals surface area contributed by atoms with Crippen LogP contribution in [-0.4, -0.2) is 29.0 Å². The van der Waals surface area contributed by atoms with Gasteiger partial charge in [0.1, 0.15) is 0 Å². The summed E-state index contributed by atoms with van der Waals surface area (Å²) in [6.07, 6.45) is 4.70. The number of halogens is 1.